The molecule has 0 unspecified atom stereocenters. The third-order valence-electron chi connectivity index (χ3n) is 6.91. The topological polar surface area (TPSA) is 83.0 Å². The van der Waals surface area contributed by atoms with Crippen molar-refractivity contribution in [3.8, 4) is 5.75 Å². The summed E-state index contributed by atoms with van der Waals surface area (Å²) in [6, 6.07) is 12.0. The summed E-state index contributed by atoms with van der Waals surface area (Å²) in [4.78, 5) is 22.4. The van der Waals surface area contributed by atoms with Gasteiger partial charge in [-0.3, -0.25) is 9.69 Å². The van der Waals surface area contributed by atoms with Gasteiger partial charge in [-0.15, -0.1) is 12.4 Å². The predicted octanol–water partition coefficient (Wildman–Crippen LogP) is 5.28. The number of thiazole rings is 1. The van der Waals surface area contributed by atoms with E-state index in [-0.39, 0.29) is 29.3 Å². The van der Waals surface area contributed by atoms with Crippen LogP contribution in [0.15, 0.2) is 47.4 Å². The van der Waals surface area contributed by atoms with E-state index in [2.05, 4.69) is 4.90 Å². The zero-order valence-corrected chi connectivity index (χ0v) is 24.9. The lowest BCUT2D eigenvalue weighted by Crippen LogP contribution is -2.38. The smallest absolute Gasteiger partial charge is 0.260 e. The summed E-state index contributed by atoms with van der Waals surface area (Å²) in [6.07, 6.45) is 5.83. The van der Waals surface area contributed by atoms with Crippen molar-refractivity contribution in [3.63, 3.8) is 0 Å². The lowest BCUT2D eigenvalue weighted by molar-refractivity contribution is 0.0986. The second-order valence-corrected chi connectivity index (χ2v) is 12.8. The number of ether oxygens (including phenoxy) is 1. The minimum absolute atomic E-state index is 0. The van der Waals surface area contributed by atoms with Crippen LogP contribution in [0.5, 0.6) is 5.75 Å². The Morgan fingerprint density at radius 3 is 2.34 bits per heavy atom. The van der Waals surface area contributed by atoms with Gasteiger partial charge in [-0.2, -0.15) is 4.31 Å². The molecule has 11 heteroatoms. The molecule has 4 rings (SSSR count). The van der Waals surface area contributed by atoms with Gasteiger partial charge >= 0.3 is 0 Å². The average molecular weight is 581 g/mol. The van der Waals surface area contributed by atoms with Crippen LogP contribution in [0, 0.1) is 0 Å². The first-order chi connectivity index (χ1) is 17.7. The molecule has 1 aliphatic rings. The number of carbonyl (C=O) groups is 1. The van der Waals surface area contributed by atoms with E-state index in [1.807, 2.05) is 32.3 Å². The van der Waals surface area contributed by atoms with E-state index >= 15 is 0 Å². The van der Waals surface area contributed by atoms with Crippen molar-refractivity contribution < 1.29 is 17.9 Å². The van der Waals surface area contributed by atoms with Crippen LogP contribution in [0.1, 0.15) is 48.9 Å². The van der Waals surface area contributed by atoms with Crippen molar-refractivity contribution in [1.82, 2.24) is 14.2 Å². The maximum atomic E-state index is 13.7. The Balaban J connectivity index is 0.00000400. The fourth-order valence-electron chi connectivity index (χ4n) is 4.70. The number of anilines is 1. The van der Waals surface area contributed by atoms with Crippen LogP contribution in [0.3, 0.4) is 0 Å². The SMILES string of the molecule is COc1ccc2nc(N(CCCN(C)C)C(=O)c3ccc(S(=O)(=O)N(C)C4CCCCC4)cc3)sc2c1.Cl. The van der Waals surface area contributed by atoms with Gasteiger partial charge in [0.05, 0.1) is 22.2 Å². The first-order valence-electron chi connectivity index (χ1n) is 12.7. The van der Waals surface area contributed by atoms with E-state index in [1.165, 1.54) is 15.6 Å². The molecule has 1 heterocycles. The molecule has 1 fully saturated rings. The van der Waals surface area contributed by atoms with E-state index in [0.29, 0.717) is 17.2 Å². The predicted molar refractivity (Wildman–Crippen MR) is 157 cm³/mol. The second kappa shape index (κ2) is 13.2. The highest BCUT2D eigenvalue weighted by atomic mass is 35.5. The number of hydrogen-bond donors (Lipinski definition) is 0. The van der Waals surface area contributed by atoms with Crippen LogP contribution >= 0.6 is 23.7 Å². The van der Waals surface area contributed by atoms with Crippen LogP contribution in [0.25, 0.3) is 10.2 Å². The van der Waals surface area contributed by atoms with Gasteiger partial charge in [-0.25, -0.2) is 13.4 Å². The van der Waals surface area contributed by atoms with Crippen molar-refractivity contribution in [2.24, 2.45) is 0 Å². The van der Waals surface area contributed by atoms with Gasteiger partial charge in [0.25, 0.3) is 5.91 Å². The molecule has 0 bridgehead atoms. The standard InChI is InChI=1S/C27H36N4O4S2.ClH/c1-29(2)17-8-18-31(27-28-24-16-13-22(35-4)19-25(24)36-27)26(32)20-11-14-23(15-12-20)37(33,34)30(3)21-9-6-5-7-10-21;/h11-16,19,21H,5-10,17-18H2,1-4H3;1H. The zero-order valence-electron chi connectivity index (χ0n) is 22.4. The molecule has 208 valence electrons. The second-order valence-electron chi connectivity index (χ2n) is 9.78. The first-order valence-corrected chi connectivity index (χ1v) is 15.0. The van der Waals surface area contributed by atoms with E-state index < -0.39 is 10.0 Å². The van der Waals surface area contributed by atoms with Crippen molar-refractivity contribution in [3.05, 3.63) is 48.0 Å². The normalized spacial score (nSPS) is 14.6. The summed E-state index contributed by atoms with van der Waals surface area (Å²) in [5.74, 6) is 0.539. The molecule has 38 heavy (non-hydrogen) atoms. The largest absolute Gasteiger partial charge is 0.497 e. The number of rotatable bonds is 10. The molecule has 2 aromatic carbocycles. The molecule has 1 saturated carbocycles. The Kier molecular flexibility index (Phi) is 10.5. The Bertz CT molecular complexity index is 1320. The minimum Gasteiger partial charge on any atom is -0.497 e. The Morgan fingerprint density at radius 2 is 1.71 bits per heavy atom. The molecule has 0 N–H and O–H groups in total. The number of aromatic nitrogens is 1. The lowest BCUT2D eigenvalue weighted by Gasteiger charge is -2.30. The number of nitrogens with zero attached hydrogens (tertiary/aromatic N) is 4. The quantitative estimate of drug-likeness (QED) is 0.324. The molecule has 0 spiro atoms. The monoisotopic (exact) mass is 580 g/mol. The highest BCUT2D eigenvalue weighted by Gasteiger charge is 2.29. The lowest BCUT2D eigenvalue weighted by atomic mass is 9.96. The summed E-state index contributed by atoms with van der Waals surface area (Å²) in [6.45, 7) is 1.33. The maximum absolute atomic E-state index is 13.7. The van der Waals surface area contributed by atoms with Crippen molar-refractivity contribution >= 4 is 55.0 Å². The fourth-order valence-corrected chi connectivity index (χ4v) is 7.13. The van der Waals surface area contributed by atoms with Gasteiger partial charge < -0.3 is 9.64 Å². The molecule has 1 aliphatic carbocycles. The third-order valence-corrected chi connectivity index (χ3v) is 9.88. The van der Waals surface area contributed by atoms with Gasteiger partial charge in [0.1, 0.15) is 5.75 Å². The molecule has 1 aromatic heterocycles. The fraction of sp³-hybridized carbons (Fsp3) is 0.481. The minimum atomic E-state index is -3.62. The third kappa shape index (κ3) is 6.84. The van der Waals surface area contributed by atoms with Gasteiger partial charge in [0.15, 0.2) is 5.13 Å². The molecule has 1 amide bonds. The number of amides is 1. The van der Waals surface area contributed by atoms with Crippen LogP contribution in [0.2, 0.25) is 0 Å². The number of benzene rings is 2. The molecule has 0 saturated heterocycles. The highest BCUT2D eigenvalue weighted by molar-refractivity contribution is 7.89. The molecular formula is C27H37ClN4O4S2. The van der Waals surface area contributed by atoms with Gasteiger partial charge in [0, 0.05) is 25.2 Å². The summed E-state index contributed by atoms with van der Waals surface area (Å²) in [5, 5.41) is 0.612. The number of methoxy groups -OCH3 is 1. The van der Waals surface area contributed by atoms with E-state index in [4.69, 9.17) is 9.72 Å². The Hall–Kier alpha value is -2.24. The summed E-state index contributed by atoms with van der Waals surface area (Å²) >= 11 is 1.44. The number of hydrogen-bond acceptors (Lipinski definition) is 7. The van der Waals surface area contributed by atoms with Crippen LogP contribution in [0.4, 0.5) is 5.13 Å². The summed E-state index contributed by atoms with van der Waals surface area (Å²) in [7, 11) is 3.67. The first kappa shape index (κ1) is 30.3. The zero-order chi connectivity index (χ0) is 26.6. The molecule has 8 nitrogen and oxygen atoms in total. The van der Waals surface area contributed by atoms with Gasteiger partial charge in [-0.1, -0.05) is 30.6 Å². The Labute approximate surface area is 236 Å². The van der Waals surface area contributed by atoms with E-state index in [1.54, 1.807) is 43.3 Å². The number of sulfonamides is 1. The Morgan fingerprint density at radius 1 is 1.03 bits per heavy atom. The summed E-state index contributed by atoms with van der Waals surface area (Å²) in [5.41, 5.74) is 1.24. The van der Waals surface area contributed by atoms with E-state index in [0.717, 1.165) is 61.0 Å². The highest BCUT2D eigenvalue weighted by Crippen LogP contribution is 2.33. The van der Waals surface area contributed by atoms with Crippen molar-refractivity contribution in [2.45, 2.75) is 49.5 Å². The average Bonchev–Trinajstić information content (AvgIpc) is 3.33. The van der Waals surface area contributed by atoms with Crippen molar-refractivity contribution in [2.75, 3.05) is 46.2 Å². The molecule has 0 aliphatic heterocycles. The van der Waals surface area contributed by atoms with Gasteiger partial charge in [0.2, 0.25) is 10.0 Å². The molecule has 0 radical (unpaired) electrons. The van der Waals surface area contributed by atoms with Gasteiger partial charge in [-0.05, 0) is 82.4 Å². The van der Waals surface area contributed by atoms with Crippen molar-refractivity contribution in [1.29, 1.82) is 0 Å². The van der Waals surface area contributed by atoms with Crippen LogP contribution < -0.4 is 9.64 Å². The number of carbonyl (C=O) groups excluding carboxylic acids is 1. The molecule has 3 aromatic rings. The number of halogens is 1. The van der Waals surface area contributed by atoms with Crippen LogP contribution in [-0.2, 0) is 10.0 Å². The van der Waals surface area contributed by atoms with E-state index in [9.17, 15) is 13.2 Å². The summed E-state index contributed by atoms with van der Waals surface area (Å²) < 4.78 is 34.2. The van der Waals surface area contributed by atoms with Crippen LogP contribution in [-0.4, -0.2) is 75.9 Å². The molecular weight excluding hydrogens is 544 g/mol. The number of fused-ring (bicyclic) bond motifs is 1. The molecule has 0 atom stereocenters. The maximum Gasteiger partial charge on any atom is 0.260 e.